The lowest BCUT2D eigenvalue weighted by Crippen LogP contribution is -2.33. The molecule has 1 fully saturated rings. The highest BCUT2D eigenvalue weighted by Crippen LogP contribution is 2.57. The van der Waals surface area contributed by atoms with Crippen LogP contribution in [0, 0.1) is 11.3 Å². The van der Waals surface area contributed by atoms with Crippen molar-refractivity contribution in [3.05, 3.63) is 35.2 Å². The van der Waals surface area contributed by atoms with Gasteiger partial charge in [-0.25, -0.2) is 0 Å². The summed E-state index contributed by atoms with van der Waals surface area (Å²) in [5, 5.41) is 13.7. The van der Waals surface area contributed by atoms with Crippen molar-refractivity contribution in [2.75, 3.05) is 6.61 Å². The number of aromatic nitrogens is 4. The van der Waals surface area contributed by atoms with Gasteiger partial charge in [0, 0.05) is 12.0 Å². The summed E-state index contributed by atoms with van der Waals surface area (Å²) < 4.78 is 5.93. The van der Waals surface area contributed by atoms with Gasteiger partial charge in [0.15, 0.2) is 11.6 Å². The summed E-state index contributed by atoms with van der Waals surface area (Å²) in [6.07, 6.45) is 8.44. The molecule has 1 heterocycles. The van der Waals surface area contributed by atoms with Crippen LogP contribution < -0.4 is 4.74 Å². The third-order valence-corrected chi connectivity index (χ3v) is 7.15. The molecule has 2 unspecified atom stereocenters. The number of fused-ring (bicyclic) bond motifs is 1. The Morgan fingerprint density at radius 1 is 1.25 bits per heavy atom. The Morgan fingerprint density at radius 3 is 2.82 bits per heavy atom. The number of nitrogens with one attached hydrogen (secondary N) is 1. The molecule has 2 aromatic rings. The third-order valence-electron chi connectivity index (χ3n) is 6.46. The van der Waals surface area contributed by atoms with Gasteiger partial charge < -0.3 is 4.74 Å². The SMILES string of the molecule is CC1(C2CCCC2)C(=O)c2ccc(OCCCCCc3nn[nH]n3)cc2C1Cl. The molecule has 0 radical (unpaired) electrons. The molecule has 1 N–H and O–H groups in total. The minimum Gasteiger partial charge on any atom is -0.494 e. The van der Waals surface area contributed by atoms with E-state index in [1.54, 1.807) is 0 Å². The number of aryl methyl sites for hydroxylation is 1. The predicted octanol–water partition coefficient (Wildman–Crippen LogP) is 4.66. The fraction of sp³-hybridized carbons (Fsp3) is 0.619. The highest BCUT2D eigenvalue weighted by Gasteiger charge is 2.53. The zero-order valence-corrected chi connectivity index (χ0v) is 17.0. The number of benzene rings is 1. The van der Waals surface area contributed by atoms with E-state index in [9.17, 15) is 4.79 Å². The number of hydrogen-bond acceptors (Lipinski definition) is 5. The predicted molar refractivity (Wildman–Crippen MR) is 107 cm³/mol. The molecule has 2 aliphatic carbocycles. The van der Waals surface area contributed by atoms with Gasteiger partial charge in [0.1, 0.15) is 5.75 Å². The van der Waals surface area contributed by atoms with E-state index in [4.69, 9.17) is 16.3 Å². The number of aromatic amines is 1. The first-order valence-corrected chi connectivity index (χ1v) is 10.7. The van der Waals surface area contributed by atoms with E-state index in [-0.39, 0.29) is 11.2 Å². The first-order chi connectivity index (χ1) is 13.6. The van der Waals surface area contributed by atoms with Crippen LogP contribution in [0.5, 0.6) is 5.75 Å². The van der Waals surface area contributed by atoms with Crippen LogP contribution in [0.3, 0.4) is 0 Å². The van der Waals surface area contributed by atoms with Crippen molar-refractivity contribution in [2.45, 2.75) is 63.7 Å². The van der Waals surface area contributed by atoms with Gasteiger partial charge in [0.25, 0.3) is 0 Å². The highest BCUT2D eigenvalue weighted by atomic mass is 35.5. The first kappa shape index (κ1) is 19.4. The summed E-state index contributed by atoms with van der Waals surface area (Å²) in [7, 11) is 0. The summed E-state index contributed by atoms with van der Waals surface area (Å²) in [6, 6.07) is 5.78. The van der Waals surface area contributed by atoms with E-state index in [1.165, 1.54) is 12.8 Å². The summed E-state index contributed by atoms with van der Waals surface area (Å²) in [4.78, 5) is 13.1. The molecule has 1 aromatic carbocycles. The number of ketones is 1. The molecule has 1 saturated carbocycles. The minimum absolute atomic E-state index is 0.211. The van der Waals surface area contributed by atoms with Crippen LogP contribution >= 0.6 is 11.6 Å². The second-order valence-electron chi connectivity index (χ2n) is 8.19. The minimum atomic E-state index is -0.478. The number of halogens is 1. The van der Waals surface area contributed by atoms with Gasteiger partial charge in [-0.1, -0.05) is 25.0 Å². The molecule has 150 valence electrons. The number of carbonyl (C=O) groups excluding carboxylic acids is 1. The molecule has 0 amide bonds. The number of ether oxygens (including phenoxy) is 1. The lowest BCUT2D eigenvalue weighted by Gasteiger charge is -2.32. The van der Waals surface area contributed by atoms with Gasteiger partial charge in [0.2, 0.25) is 0 Å². The number of tetrazole rings is 1. The molecule has 2 aliphatic rings. The van der Waals surface area contributed by atoms with Crippen molar-refractivity contribution in [1.29, 1.82) is 0 Å². The Hall–Kier alpha value is -1.95. The van der Waals surface area contributed by atoms with Gasteiger partial charge in [-0.2, -0.15) is 5.21 Å². The van der Waals surface area contributed by atoms with Crippen LogP contribution in [0.4, 0.5) is 0 Å². The third kappa shape index (κ3) is 3.54. The normalized spacial score (nSPS) is 24.6. The molecule has 1 aromatic heterocycles. The number of nitrogens with zero attached hydrogens (tertiary/aromatic N) is 3. The number of carbonyl (C=O) groups is 1. The van der Waals surface area contributed by atoms with E-state index < -0.39 is 5.41 Å². The van der Waals surface area contributed by atoms with Gasteiger partial charge in [-0.15, -0.1) is 21.8 Å². The van der Waals surface area contributed by atoms with Crippen molar-refractivity contribution in [2.24, 2.45) is 11.3 Å². The van der Waals surface area contributed by atoms with Crippen molar-refractivity contribution in [3.63, 3.8) is 0 Å². The quantitative estimate of drug-likeness (QED) is 0.512. The van der Waals surface area contributed by atoms with Crippen molar-refractivity contribution in [3.8, 4) is 5.75 Å². The Bertz CT molecular complexity index is 820. The van der Waals surface area contributed by atoms with Crippen LogP contribution in [0.15, 0.2) is 18.2 Å². The Labute approximate surface area is 170 Å². The average Bonchev–Trinajstić information content (AvgIpc) is 3.45. The number of alkyl halides is 1. The highest BCUT2D eigenvalue weighted by molar-refractivity contribution is 6.27. The number of H-pyrrole nitrogens is 1. The van der Waals surface area contributed by atoms with E-state index in [0.717, 1.165) is 61.2 Å². The molecule has 0 spiro atoms. The van der Waals surface area contributed by atoms with Crippen molar-refractivity contribution >= 4 is 17.4 Å². The second-order valence-corrected chi connectivity index (χ2v) is 8.63. The van der Waals surface area contributed by atoms with E-state index in [2.05, 4.69) is 27.5 Å². The number of unbranched alkanes of at least 4 members (excludes halogenated alkanes) is 2. The maximum atomic E-state index is 13.1. The molecule has 2 atom stereocenters. The maximum Gasteiger partial charge on any atom is 0.174 e. The van der Waals surface area contributed by atoms with Gasteiger partial charge in [-0.3, -0.25) is 4.79 Å². The Balaban J connectivity index is 1.32. The zero-order valence-electron chi connectivity index (χ0n) is 16.3. The van der Waals surface area contributed by atoms with Crippen LogP contribution in [-0.2, 0) is 6.42 Å². The molecular formula is C21H27ClN4O2. The molecule has 28 heavy (non-hydrogen) atoms. The molecule has 0 saturated heterocycles. The van der Waals surface area contributed by atoms with Crippen LogP contribution in [0.25, 0.3) is 0 Å². The van der Waals surface area contributed by atoms with Crippen molar-refractivity contribution < 1.29 is 9.53 Å². The monoisotopic (exact) mass is 402 g/mol. The van der Waals surface area contributed by atoms with Gasteiger partial charge in [0.05, 0.1) is 17.4 Å². The molecule has 7 heteroatoms. The fourth-order valence-electron chi connectivity index (χ4n) is 4.73. The van der Waals surface area contributed by atoms with Crippen LogP contribution in [-0.4, -0.2) is 33.0 Å². The Kier molecular flexibility index (Phi) is 5.67. The number of Topliss-reactive ketones (excluding diaryl/α,β-unsaturated/α-hetero) is 1. The zero-order chi connectivity index (χ0) is 19.6. The molecule has 4 rings (SSSR count). The fourth-order valence-corrected chi connectivity index (χ4v) is 5.19. The molecule has 0 aliphatic heterocycles. The summed E-state index contributed by atoms with van der Waals surface area (Å²) >= 11 is 6.85. The topological polar surface area (TPSA) is 80.8 Å². The lowest BCUT2D eigenvalue weighted by atomic mass is 9.72. The summed E-state index contributed by atoms with van der Waals surface area (Å²) in [6.45, 7) is 2.71. The standard InChI is InChI=1S/C21H27ClN4O2/c1-21(14-7-4-5-8-14)19(22)17-13-15(10-11-16(17)20(21)27)28-12-6-2-3-9-18-23-25-26-24-18/h10-11,13-14,19H,2-9,12H2,1H3,(H,23,24,25,26). The maximum absolute atomic E-state index is 13.1. The summed E-state index contributed by atoms with van der Waals surface area (Å²) in [5.41, 5.74) is 1.24. The van der Waals surface area contributed by atoms with Gasteiger partial charge in [-0.05, 0) is 61.8 Å². The van der Waals surface area contributed by atoms with E-state index in [1.807, 2.05) is 18.2 Å². The summed E-state index contributed by atoms with van der Waals surface area (Å²) in [5.74, 6) is 2.15. The van der Waals surface area contributed by atoms with Gasteiger partial charge >= 0.3 is 0 Å². The molecule has 0 bridgehead atoms. The largest absolute Gasteiger partial charge is 0.494 e. The first-order valence-electron chi connectivity index (χ1n) is 10.3. The molecular weight excluding hydrogens is 376 g/mol. The van der Waals surface area contributed by atoms with E-state index >= 15 is 0 Å². The second kappa shape index (κ2) is 8.19. The van der Waals surface area contributed by atoms with Crippen molar-refractivity contribution in [1.82, 2.24) is 20.6 Å². The number of hydrogen-bond donors (Lipinski definition) is 1. The Morgan fingerprint density at radius 2 is 2.07 bits per heavy atom. The molecule has 6 nitrogen and oxygen atoms in total. The lowest BCUT2D eigenvalue weighted by molar-refractivity contribution is 0.0735. The average molecular weight is 403 g/mol. The van der Waals surface area contributed by atoms with Crippen LogP contribution in [0.2, 0.25) is 0 Å². The smallest absolute Gasteiger partial charge is 0.174 e. The number of rotatable bonds is 8. The van der Waals surface area contributed by atoms with E-state index in [0.29, 0.717) is 12.5 Å². The van der Waals surface area contributed by atoms with Crippen LogP contribution in [0.1, 0.15) is 79.0 Å².